The summed E-state index contributed by atoms with van der Waals surface area (Å²) in [5.41, 5.74) is 2.71. The molecular weight excluding hydrogens is 513 g/mol. The summed E-state index contributed by atoms with van der Waals surface area (Å²) in [6, 6.07) is 26.4. The Kier molecular flexibility index (Phi) is 5.72. The second kappa shape index (κ2) is 8.93. The SMILES string of the molecule is O=C1c2ccccc2C(=O)c2cc(N3C(=O)C(Sc4ccccc4)C3c3ccc(Cl)cc3Cl)ccc21. The zero-order valence-electron chi connectivity index (χ0n) is 18.7. The van der Waals surface area contributed by atoms with Gasteiger partial charge in [-0.15, -0.1) is 11.8 Å². The molecule has 1 fully saturated rings. The van der Waals surface area contributed by atoms with E-state index in [-0.39, 0.29) is 23.5 Å². The smallest absolute Gasteiger partial charge is 0.243 e. The van der Waals surface area contributed by atoms with E-state index in [9.17, 15) is 14.4 Å². The number of nitrogens with zero attached hydrogens (tertiary/aromatic N) is 1. The van der Waals surface area contributed by atoms with Gasteiger partial charge in [0.2, 0.25) is 5.91 Å². The van der Waals surface area contributed by atoms with Crippen LogP contribution in [-0.2, 0) is 4.79 Å². The summed E-state index contributed by atoms with van der Waals surface area (Å²) in [6.07, 6.45) is 0. The highest BCUT2D eigenvalue weighted by Gasteiger charge is 2.50. The lowest BCUT2D eigenvalue weighted by Gasteiger charge is -2.47. The second-order valence-corrected chi connectivity index (χ2v) is 10.7. The van der Waals surface area contributed by atoms with Crippen LogP contribution in [0.4, 0.5) is 5.69 Å². The largest absolute Gasteiger partial charge is 0.302 e. The first kappa shape index (κ1) is 23.0. The maximum Gasteiger partial charge on any atom is 0.243 e. The van der Waals surface area contributed by atoms with Crippen LogP contribution in [0, 0.1) is 0 Å². The fourth-order valence-corrected chi connectivity index (χ4v) is 6.53. The van der Waals surface area contributed by atoms with E-state index in [0.29, 0.717) is 38.0 Å². The van der Waals surface area contributed by atoms with Crippen LogP contribution < -0.4 is 4.90 Å². The van der Waals surface area contributed by atoms with Crippen molar-refractivity contribution < 1.29 is 14.4 Å². The molecule has 2 unspecified atom stereocenters. The number of β-lactam (4-membered cyclic amide) rings is 1. The minimum absolute atomic E-state index is 0.102. The van der Waals surface area contributed by atoms with Crippen molar-refractivity contribution in [1.82, 2.24) is 0 Å². The van der Waals surface area contributed by atoms with Gasteiger partial charge in [-0.1, -0.05) is 71.7 Å². The standard InChI is InChI=1S/C29H17Cl2NO3S/c30-16-10-12-22(24(31)14-16)25-28(36-18-6-2-1-3-7-18)29(35)32(25)17-11-13-21-23(15-17)27(34)20-9-5-4-8-19(20)26(21)33/h1-15,25,28H. The molecule has 0 bridgehead atoms. The van der Waals surface area contributed by atoms with Crippen molar-refractivity contribution in [3.8, 4) is 0 Å². The summed E-state index contributed by atoms with van der Waals surface area (Å²) in [6.45, 7) is 0. The summed E-state index contributed by atoms with van der Waals surface area (Å²) >= 11 is 14.2. The Morgan fingerprint density at radius 3 is 2.00 bits per heavy atom. The van der Waals surface area contributed by atoms with Gasteiger partial charge < -0.3 is 4.90 Å². The molecule has 2 atom stereocenters. The first-order valence-corrected chi connectivity index (χ1v) is 12.9. The monoisotopic (exact) mass is 529 g/mol. The van der Waals surface area contributed by atoms with E-state index in [1.807, 2.05) is 36.4 Å². The second-order valence-electron chi connectivity index (χ2n) is 8.60. The number of amides is 1. The molecule has 4 aromatic carbocycles. The number of anilines is 1. The van der Waals surface area contributed by atoms with Gasteiger partial charge in [0.15, 0.2) is 11.6 Å². The van der Waals surface area contributed by atoms with Gasteiger partial charge in [0.25, 0.3) is 0 Å². The molecule has 0 radical (unpaired) electrons. The van der Waals surface area contributed by atoms with Gasteiger partial charge in [-0.05, 0) is 48.0 Å². The molecule has 0 spiro atoms. The third-order valence-electron chi connectivity index (χ3n) is 6.52. The van der Waals surface area contributed by atoms with Crippen LogP contribution in [-0.4, -0.2) is 22.7 Å². The molecule has 36 heavy (non-hydrogen) atoms. The zero-order valence-corrected chi connectivity index (χ0v) is 21.0. The molecule has 1 amide bonds. The number of rotatable bonds is 4. The van der Waals surface area contributed by atoms with Crippen LogP contribution in [0.15, 0.2) is 95.9 Å². The van der Waals surface area contributed by atoms with Crippen molar-refractivity contribution in [2.24, 2.45) is 0 Å². The highest BCUT2D eigenvalue weighted by molar-refractivity contribution is 8.00. The fraction of sp³-hybridized carbons (Fsp3) is 0.0690. The summed E-state index contributed by atoms with van der Waals surface area (Å²) in [5, 5.41) is 0.548. The van der Waals surface area contributed by atoms with Crippen molar-refractivity contribution in [2.45, 2.75) is 16.2 Å². The Bertz CT molecular complexity index is 1570. The predicted molar refractivity (Wildman–Crippen MR) is 143 cm³/mol. The van der Waals surface area contributed by atoms with Gasteiger partial charge in [-0.3, -0.25) is 14.4 Å². The third kappa shape index (κ3) is 3.66. The number of hydrogen-bond acceptors (Lipinski definition) is 4. The first-order valence-electron chi connectivity index (χ1n) is 11.3. The number of ketones is 2. The molecule has 1 aliphatic heterocycles. The topological polar surface area (TPSA) is 54.5 Å². The lowest BCUT2D eigenvalue weighted by molar-refractivity contribution is -0.123. The first-order chi connectivity index (χ1) is 17.4. The number of carbonyl (C=O) groups is 3. The predicted octanol–water partition coefficient (Wildman–Crippen LogP) is 7.02. The Morgan fingerprint density at radius 1 is 0.667 bits per heavy atom. The van der Waals surface area contributed by atoms with E-state index >= 15 is 0 Å². The minimum atomic E-state index is -0.417. The number of benzene rings is 4. The highest BCUT2D eigenvalue weighted by Crippen LogP contribution is 2.49. The molecule has 6 rings (SSSR count). The van der Waals surface area contributed by atoms with Crippen LogP contribution in [0.1, 0.15) is 43.4 Å². The van der Waals surface area contributed by atoms with Crippen molar-refractivity contribution >= 4 is 58.1 Å². The van der Waals surface area contributed by atoms with Crippen LogP contribution >= 0.6 is 35.0 Å². The molecule has 1 saturated heterocycles. The minimum Gasteiger partial charge on any atom is -0.302 e. The van der Waals surface area contributed by atoms with Gasteiger partial charge in [0.1, 0.15) is 5.25 Å². The Hall–Kier alpha value is -3.38. The van der Waals surface area contributed by atoms with Crippen LogP contribution in [0.2, 0.25) is 10.0 Å². The average Bonchev–Trinajstić information content (AvgIpc) is 2.90. The maximum atomic E-state index is 13.5. The van der Waals surface area contributed by atoms with E-state index in [4.69, 9.17) is 23.2 Å². The summed E-state index contributed by atoms with van der Waals surface area (Å²) in [7, 11) is 0. The van der Waals surface area contributed by atoms with Gasteiger partial charge >= 0.3 is 0 Å². The Balaban J connectivity index is 1.42. The molecule has 1 heterocycles. The van der Waals surface area contributed by atoms with E-state index < -0.39 is 5.25 Å². The van der Waals surface area contributed by atoms with Gasteiger partial charge in [0, 0.05) is 42.9 Å². The normalized spacial score (nSPS) is 18.5. The van der Waals surface area contributed by atoms with Gasteiger partial charge in [-0.2, -0.15) is 0 Å². The molecule has 4 aromatic rings. The zero-order chi connectivity index (χ0) is 25.0. The maximum absolute atomic E-state index is 13.5. The lowest BCUT2D eigenvalue weighted by atomic mass is 9.83. The molecular formula is C29H17Cl2NO3S. The molecule has 7 heteroatoms. The summed E-state index contributed by atoms with van der Waals surface area (Å²) < 4.78 is 0. The molecule has 176 valence electrons. The van der Waals surface area contributed by atoms with E-state index in [1.54, 1.807) is 59.5 Å². The number of hydrogen-bond donors (Lipinski definition) is 0. The van der Waals surface area contributed by atoms with Crippen molar-refractivity contribution in [3.63, 3.8) is 0 Å². The fourth-order valence-electron chi connectivity index (χ4n) is 4.79. The van der Waals surface area contributed by atoms with Crippen molar-refractivity contribution in [2.75, 3.05) is 4.90 Å². The number of thioether (sulfide) groups is 1. The molecule has 0 aromatic heterocycles. The van der Waals surface area contributed by atoms with Crippen molar-refractivity contribution in [1.29, 1.82) is 0 Å². The average molecular weight is 530 g/mol. The van der Waals surface area contributed by atoms with E-state index in [2.05, 4.69) is 0 Å². The van der Waals surface area contributed by atoms with Crippen molar-refractivity contribution in [3.05, 3.63) is 129 Å². The molecule has 4 nitrogen and oxygen atoms in total. The molecule has 0 saturated carbocycles. The van der Waals surface area contributed by atoms with Crippen LogP contribution in [0.25, 0.3) is 0 Å². The Labute approximate surface area is 221 Å². The summed E-state index contributed by atoms with van der Waals surface area (Å²) in [5.74, 6) is -0.530. The third-order valence-corrected chi connectivity index (χ3v) is 8.34. The lowest BCUT2D eigenvalue weighted by Crippen LogP contribution is -2.57. The number of halogens is 2. The summed E-state index contributed by atoms with van der Waals surface area (Å²) in [4.78, 5) is 42.4. The quantitative estimate of drug-likeness (QED) is 0.235. The van der Waals surface area contributed by atoms with E-state index in [0.717, 1.165) is 10.5 Å². The highest BCUT2D eigenvalue weighted by atomic mass is 35.5. The van der Waals surface area contributed by atoms with Gasteiger partial charge in [-0.25, -0.2) is 0 Å². The number of fused-ring (bicyclic) bond motifs is 2. The number of carbonyl (C=O) groups excluding carboxylic acids is 3. The molecule has 2 aliphatic rings. The van der Waals surface area contributed by atoms with E-state index in [1.165, 1.54) is 11.8 Å². The Morgan fingerprint density at radius 2 is 1.31 bits per heavy atom. The van der Waals surface area contributed by atoms with Crippen LogP contribution in [0.3, 0.4) is 0 Å². The molecule has 1 aliphatic carbocycles. The molecule has 0 N–H and O–H groups in total. The van der Waals surface area contributed by atoms with Crippen LogP contribution in [0.5, 0.6) is 0 Å². The van der Waals surface area contributed by atoms with Gasteiger partial charge in [0.05, 0.1) is 6.04 Å².